The third-order valence-electron chi connectivity index (χ3n) is 8.70. The maximum Gasteiger partial charge on any atom is 0.353 e. The van der Waals surface area contributed by atoms with Crippen LogP contribution in [-0.2, 0) is 0 Å². The Hall–Kier alpha value is -4.52. The van der Waals surface area contributed by atoms with E-state index in [1.54, 1.807) is 12.1 Å². The highest BCUT2D eigenvalue weighted by molar-refractivity contribution is 6.04. The van der Waals surface area contributed by atoms with Gasteiger partial charge in [-0.25, -0.2) is 27.5 Å². The molecule has 0 aliphatic carbocycles. The van der Waals surface area contributed by atoms with Gasteiger partial charge in [0.15, 0.2) is 0 Å². The van der Waals surface area contributed by atoms with E-state index in [0.717, 1.165) is 74.0 Å². The zero-order valence-corrected chi connectivity index (χ0v) is 28.2. The van der Waals surface area contributed by atoms with Crippen LogP contribution in [0.3, 0.4) is 0 Å². The van der Waals surface area contributed by atoms with Gasteiger partial charge >= 0.3 is 5.69 Å². The van der Waals surface area contributed by atoms with Crippen LogP contribution in [0.1, 0.15) is 79.0 Å². The van der Waals surface area contributed by atoms with Crippen LogP contribution in [0.4, 0.5) is 24.7 Å². The SMILES string of the molecule is CCCCN(CCCC)CCCNC1Nc2c(cnc(=O)n2-c2c(F)cccc2F)C(c2cc(C(=O)Nc3ccc(F)cc3)ccc2C)N1. The van der Waals surface area contributed by atoms with Gasteiger partial charge in [0.05, 0.1) is 6.04 Å². The number of carbonyl (C=O) groups excluding carboxylic acids is 1. The Labute approximate surface area is 284 Å². The van der Waals surface area contributed by atoms with Gasteiger partial charge in [0.25, 0.3) is 5.91 Å². The number of nitrogens with one attached hydrogen (secondary N) is 4. The summed E-state index contributed by atoms with van der Waals surface area (Å²) in [6.07, 6.45) is 6.17. The minimum absolute atomic E-state index is 0.179. The summed E-state index contributed by atoms with van der Waals surface area (Å²) in [5.41, 5.74) is 1.40. The monoisotopic (exact) mass is 675 g/mol. The number of para-hydroxylation sites is 1. The maximum absolute atomic E-state index is 15.2. The van der Waals surface area contributed by atoms with E-state index in [2.05, 4.69) is 45.0 Å². The third kappa shape index (κ3) is 8.75. The number of rotatable bonds is 15. The number of anilines is 2. The van der Waals surface area contributed by atoms with Gasteiger partial charge in [-0.15, -0.1) is 0 Å². The van der Waals surface area contributed by atoms with Gasteiger partial charge in [-0.2, -0.15) is 0 Å². The first-order chi connectivity index (χ1) is 23.7. The average Bonchev–Trinajstić information content (AvgIpc) is 3.09. The fraction of sp³-hybridized carbons (Fsp3) is 0.378. The first-order valence-electron chi connectivity index (χ1n) is 16.9. The molecule has 0 saturated heterocycles. The van der Waals surface area contributed by atoms with Crippen molar-refractivity contribution < 1.29 is 18.0 Å². The van der Waals surface area contributed by atoms with E-state index in [0.29, 0.717) is 28.9 Å². The van der Waals surface area contributed by atoms with Crippen molar-refractivity contribution in [1.29, 1.82) is 0 Å². The molecule has 260 valence electrons. The molecular weight excluding hydrogens is 631 g/mol. The molecule has 2 heterocycles. The number of aromatic nitrogens is 2. The maximum atomic E-state index is 15.2. The van der Waals surface area contributed by atoms with Crippen LogP contribution in [0.5, 0.6) is 0 Å². The number of benzene rings is 3. The Balaban J connectivity index is 1.47. The van der Waals surface area contributed by atoms with Crippen LogP contribution >= 0.6 is 0 Å². The van der Waals surface area contributed by atoms with E-state index in [1.165, 1.54) is 36.5 Å². The second-order valence-corrected chi connectivity index (χ2v) is 12.3. The highest BCUT2D eigenvalue weighted by atomic mass is 19.1. The van der Waals surface area contributed by atoms with Gasteiger partial charge in [-0.05, 0) is 112 Å². The fourth-order valence-corrected chi connectivity index (χ4v) is 6.02. The van der Waals surface area contributed by atoms with Gasteiger partial charge in [-0.3, -0.25) is 15.4 Å². The summed E-state index contributed by atoms with van der Waals surface area (Å²) >= 11 is 0. The molecule has 0 spiro atoms. The van der Waals surface area contributed by atoms with E-state index >= 15 is 8.78 Å². The molecular formula is C37H44F3N7O2. The Bertz CT molecular complexity index is 1770. The largest absolute Gasteiger partial charge is 0.353 e. The number of aryl methyl sites for hydroxylation is 1. The molecule has 2 atom stereocenters. The minimum atomic E-state index is -0.909. The zero-order valence-electron chi connectivity index (χ0n) is 28.2. The predicted molar refractivity (Wildman–Crippen MR) is 187 cm³/mol. The fourth-order valence-electron chi connectivity index (χ4n) is 6.02. The van der Waals surface area contributed by atoms with Crippen molar-refractivity contribution in [3.8, 4) is 5.69 Å². The predicted octanol–water partition coefficient (Wildman–Crippen LogP) is 6.48. The van der Waals surface area contributed by atoms with Crippen molar-refractivity contribution in [3.63, 3.8) is 0 Å². The average molecular weight is 676 g/mol. The van der Waals surface area contributed by atoms with Crippen molar-refractivity contribution in [2.24, 2.45) is 0 Å². The van der Waals surface area contributed by atoms with Crippen LogP contribution in [-0.4, -0.2) is 52.8 Å². The smallest absolute Gasteiger partial charge is 0.343 e. The van der Waals surface area contributed by atoms with Gasteiger partial charge in [0.2, 0.25) is 0 Å². The van der Waals surface area contributed by atoms with Crippen molar-refractivity contribution in [1.82, 2.24) is 25.1 Å². The quantitative estimate of drug-likeness (QED) is 0.107. The van der Waals surface area contributed by atoms with Crippen LogP contribution < -0.4 is 27.0 Å². The Morgan fingerprint density at radius 1 is 0.918 bits per heavy atom. The number of carbonyl (C=O) groups is 1. The molecule has 9 nitrogen and oxygen atoms in total. The van der Waals surface area contributed by atoms with Crippen molar-refractivity contribution in [2.75, 3.05) is 36.8 Å². The summed E-state index contributed by atoms with van der Waals surface area (Å²) < 4.78 is 44.7. The molecule has 49 heavy (non-hydrogen) atoms. The molecule has 3 aromatic carbocycles. The normalized spacial score (nSPS) is 15.6. The molecule has 2 unspecified atom stereocenters. The van der Waals surface area contributed by atoms with Gasteiger partial charge < -0.3 is 15.5 Å². The summed E-state index contributed by atoms with van der Waals surface area (Å²) in [5.74, 6) is -2.45. The molecule has 1 amide bonds. The molecule has 0 bridgehead atoms. The number of nitrogens with zero attached hydrogens (tertiary/aromatic N) is 3. The van der Waals surface area contributed by atoms with E-state index in [1.807, 2.05) is 13.0 Å². The molecule has 0 saturated carbocycles. The third-order valence-corrected chi connectivity index (χ3v) is 8.70. The van der Waals surface area contributed by atoms with Crippen molar-refractivity contribution in [2.45, 2.75) is 65.2 Å². The molecule has 5 rings (SSSR count). The van der Waals surface area contributed by atoms with E-state index in [4.69, 9.17) is 0 Å². The van der Waals surface area contributed by atoms with Crippen molar-refractivity contribution >= 4 is 17.4 Å². The summed E-state index contributed by atoms with van der Waals surface area (Å²) in [6, 6.07) is 13.5. The molecule has 12 heteroatoms. The first kappa shape index (κ1) is 35.8. The summed E-state index contributed by atoms with van der Waals surface area (Å²) in [5, 5.41) is 13.0. The number of amides is 1. The van der Waals surface area contributed by atoms with Crippen LogP contribution in [0.25, 0.3) is 5.69 Å². The Morgan fingerprint density at radius 2 is 1.59 bits per heavy atom. The van der Waals surface area contributed by atoms with Gasteiger partial charge in [0.1, 0.15) is 35.2 Å². The Morgan fingerprint density at radius 3 is 2.27 bits per heavy atom. The van der Waals surface area contributed by atoms with E-state index < -0.39 is 47.1 Å². The minimum Gasteiger partial charge on any atom is -0.343 e. The van der Waals surface area contributed by atoms with Crippen LogP contribution in [0.2, 0.25) is 0 Å². The molecule has 1 aliphatic heterocycles. The van der Waals surface area contributed by atoms with Crippen molar-refractivity contribution in [3.05, 3.63) is 117 Å². The molecule has 4 aromatic rings. The van der Waals surface area contributed by atoms with Crippen LogP contribution in [0.15, 0.2) is 71.7 Å². The number of hydrogen-bond acceptors (Lipinski definition) is 7. The Kier molecular flexibility index (Phi) is 12.2. The molecule has 1 aromatic heterocycles. The summed E-state index contributed by atoms with van der Waals surface area (Å²) in [7, 11) is 0. The van der Waals surface area contributed by atoms with Gasteiger partial charge in [0, 0.05) is 23.0 Å². The lowest BCUT2D eigenvalue weighted by atomic mass is 9.92. The number of fused-ring (bicyclic) bond motifs is 1. The molecule has 0 fully saturated rings. The summed E-state index contributed by atoms with van der Waals surface area (Å²) in [6.45, 7) is 9.89. The first-order valence-corrected chi connectivity index (χ1v) is 16.9. The van der Waals surface area contributed by atoms with E-state index in [-0.39, 0.29) is 5.82 Å². The second-order valence-electron chi connectivity index (χ2n) is 12.3. The summed E-state index contributed by atoms with van der Waals surface area (Å²) in [4.78, 5) is 33.0. The van der Waals surface area contributed by atoms with Gasteiger partial charge in [-0.1, -0.05) is 38.8 Å². The topological polar surface area (TPSA) is 103 Å². The van der Waals surface area contributed by atoms with Crippen LogP contribution in [0, 0.1) is 24.4 Å². The number of hydrogen-bond donors (Lipinski definition) is 4. The molecule has 1 aliphatic rings. The highest BCUT2D eigenvalue weighted by Crippen LogP contribution is 2.35. The second kappa shape index (κ2) is 16.7. The zero-order chi connectivity index (χ0) is 34.9. The highest BCUT2D eigenvalue weighted by Gasteiger charge is 2.32. The van der Waals surface area contributed by atoms with E-state index in [9.17, 15) is 14.0 Å². The lowest BCUT2D eigenvalue weighted by Gasteiger charge is -2.37. The lowest BCUT2D eigenvalue weighted by molar-refractivity contribution is 0.102. The standard InChI is InChI=1S/C37H44F3N7O2/c1-4-6-19-46(20-7-5-2)21-9-18-41-36-44-32(28-22-25(13-12-24(28)3)35(48)43-27-16-14-26(38)15-17-27)29-23-42-37(49)47(34(29)45-36)33-30(39)10-8-11-31(33)40/h8,10-17,22-23,32,36,41,44-45H,4-7,9,18-21H2,1-3H3,(H,43,48). The molecule has 0 radical (unpaired) electrons. The molecule has 4 N–H and O–H groups in total. The number of halogens is 3. The lowest BCUT2D eigenvalue weighted by Crippen LogP contribution is -2.54. The number of unbranched alkanes of at least 4 members (excludes halogenated alkanes) is 2.